The third-order valence-corrected chi connectivity index (χ3v) is 8.67. The summed E-state index contributed by atoms with van der Waals surface area (Å²) in [6, 6.07) is 36.4. The van der Waals surface area contributed by atoms with E-state index in [0.717, 1.165) is 12.8 Å². The van der Waals surface area contributed by atoms with Gasteiger partial charge < -0.3 is 0 Å². The Hall–Kier alpha value is -3.50. The van der Waals surface area contributed by atoms with Crippen molar-refractivity contribution >= 4 is 30.1 Å². The fourth-order valence-electron chi connectivity index (χ4n) is 6.53. The van der Waals surface area contributed by atoms with Crippen LogP contribution in [-0.4, -0.2) is 7.35 Å². The molecule has 0 radical (unpaired) electrons. The molecule has 0 saturated carbocycles. The second-order valence-electron chi connectivity index (χ2n) is 11.7. The first-order chi connectivity index (χ1) is 21.6. The standard InChI is InChI=1S/C40H52N.BO2/c1-5-9-22-33-32-40(39(31-12-8-4)38(30-11-7-3)37(33)29-10-6-2)41(34-23-16-13-17-24-34,35-25-18-14-19-26-35)36-27-20-15-21-28-36;2-1-3/h13-21,23-28,32H,5-12,22,29-31H2,1-4H3;/q+1;-1. The molecule has 0 aliphatic rings. The topological polar surface area (TPSA) is 40.1 Å². The van der Waals surface area contributed by atoms with Gasteiger partial charge in [-0.15, -0.1) is 0 Å². The van der Waals surface area contributed by atoms with Gasteiger partial charge in [0.15, 0.2) is 5.69 Å². The molecular weight excluding hydrogens is 537 g/mol. The van der Waals surface area contributed by atoms with E-state index in [9.17, 15) is 0 Å². The van der Waals surface area contributed by atoms with E-state index >= 15 is 0 Å². The molecule has 4 rings (SSSR count). The number of benzene rings is 4. The van der Waals surface area contributed by atoms with Gasteiger partial charge >= 0.3 is 17.1 Å². The zero-order valence-corrected chi connectivity index (χ0v) is 27.6. The fourth-order valence-corrected chi connectivity index (χ4v) is 6.53. The zero-order chi connectivity index (χ0) is 31.6. The van der Waals surface area contributed by atoms with Gasteiger partial charge in [-0.05, 0) is 68.1 Å². The van der Waals surface area contributed by atoms with Crippen molar-refractivity contribution in [2.24, 2.45) is 0 Å². The van der Waals surface area contributed by atoms with Crippen LogP contribution in [0.5, 0.6) is 0 Å². The number of quaternary nitrogens is 1. The second kappa shape index (κ2) is 19.0. The van der Waals surface area contributed by atoms with E-state index in [-0.39, 0.29) is 0 Å². The Kier molecular flexibility index (Phi) is 15.1. The van der Waals surface area contributed by atoms with Gasteiger partial charge in [-0.2, -0.15) is 4.48 Å². The predicted octanol–water partition coefficient (Wildman–Crippen LogP) is 10.7. The van der Waals surface area contributed by atoms with Crippen LogP contribution >= 0.6 is 0 Å². The number of unbranched alkanes of at least 4 members (excludes halogenated alkanes) is 4. The van der Waals surface area contributed by atoms with Gasteiger partial charge in [0.05, 0.1) is 0 Å². The number of nitrogens with zero attached hydrogens (tertiary/aromatic N) is 1. The zero-order valence-electron chi connectivity index (χ0n) is 27.6. The van der Waals surface area contributed by atoms with Crippen LogP contribution in [0.2, 0.25) is 0 Å². The molecule has 4 aromatic carbocycles. The molecule has 4 heteroatoms. The molecule has 0 N–H and O–H groups in total. The minimum atomic E-state index is -0.500. The SMILES string of the molecule is CCCCc1cc([N+](c2ccccc2)(c2ccccc2)c2ccccc2)c(CCCC)c(CCCC)c1CCCC.O=B[O-]. The van der Waals surface area contributed by atoms with Gasteiger partial charge in [-0.1, -0.05) is 108 Å². The van der Waals surface area contributed by atoms with Crippen LogP contribution in [0.4, 0.5) is 22.7 Å². The van der Waals surface area contributed by atoms with Crippen molar-refractivity contribution in [3.8, 4) is 0 Å². The molecule has 0 aromatic heterocycles. The van der Waals surface area contributed by atoms with E-state index in [0.29, 0.717) is 4.48 Å². The molecule has 0 unspecified atom stereocenters. The molecule has 0 atom stereocenters. The van der Waals surface area contributed by atoms with Crippen LogP contribution in [0.25, 0.3) is 0 Å². The first-order valence-electron chi connectivity index (χ1n) is 16.9. The van der Waals surface area contributed by atoms with Gasteiger partial charge in [0.25, 0.3) is 0 Å². The van der Waals surface area contributed by atoms with Crippen molar-refractivity contribution in [1.29, 1.82) is 0 Å². The Labute approximate surface area is 267 Å². The number of hydrogen-bond acceptors (Lipinski definition) is 2. The Bertz CT molecular complexity index is 1280. The van der Waals surface area contributed by atoms with Gasteiger partial charge in [0.2, 0.25) is 0 Å². The fraction of sp³-hybridized carbons (Fsp3) is 0.400. The van der Waals surface area contributed by atoms with E-state index in [4.69, 9.17) is 9.73 Å². The summed E-state index contributed by atoms with van der Waals surface area (Å²) in [5.41, 5.74) is 11.9. The van der Waals surface area contributed by atoms with Crippen molar-refractivity contribution < 1.29 is 9.73 Å². The maximum atomic E-state index is 8.25. The molecule has 0 spiro atoms. The van der Waals surface area contributed by atoms with E-state index in [1.165, 1.54) is 87.0 Å². The molecule has 0 amide bonds. The molecule has 0 heterocycles. The van der Waals surface area contributed by atoms with Crippen LogP contribution < -0.4 is 9.51 Å². The number of para-hydroxylation sites is 3. The summed E-state index contributed by atoms with van der Waals surface area (Å²) in [4.78, 5) is 0. The molecule has 0 saturated heterocycles. The van der Waals surface area contributed by atoms with Gasteiger partial charge in [0, 0.05) is 48.0 Å². The Balaban J connectivity index is 0.00000169. The van der Waals surface area contributed by atoms with E-state index in [1.807, 2.05) is 0 Å². The van der Waals surface area contributed by atoms with Crippen LogP contribution in [-0.2, 0) is 30.4 Å². The summed E-state index contributed by atoms with van der Waals surface area (Å²) >= 11 is 0. The molecule has 44 heavy (non-hydrogen) atoms. The Morgan fingerprint density at radius 1 is 0.523 bits per heavy atom. The minimum absolute atomic E-state index is 0.500. The summed E-state index contributed by atoms with van der Waals surface area (Å²) < 4.78 is 8.87. The molecule has 0 aliphatic carbocycles. The maximum absolute atomic E-state index is 8.25. The van der Waals surface area contributed by atoms with Crippen LogP contribution in [0.1, 0.15) is 101 Å². The first-order valence-corrected chi connectivity index (χ1v) is 16.9. The molecular formula is C40H52BNO2. The Morgan fingerprint density at radius 3 is 1.25 bits per heavy atom. The van der Waals surface area contributed by atoms with Crippen molar-refractivity contribution in [1.82, 2.24) is 4.48 Å². The van der Waals surface area contributed by atoms with Crippen LogP contribution in [0.3, 0.4) is 0 Å². The van der Waals surface area contributed by atoms with Gasteiger partial charge in [0.1, 0.15) is 17.1 Å². The molecule has 0 fully saturated rings. The first kappa shape index (κ1) is 35.0. The van der Waals surface area contributed by atoms with Crippen molar-refractivity contribution in [3.05, 3.63) is 119 Å². The number of rotatable bonds is 16. The molecule has 4 aromatic rings. The van der Waals surface area contributed by atoms with E-state index < -0.39 is 7.35 Å². The summed E-state index contributed by atoms with van der Waals surface area (Å²) in [5.74, 6) is 0. The average molecular weight is 590 g/mol. The summed E-state index contributed by atoms with van der Waals surface area (Å²) in [6.45, 7) is 9.36. The summed E-state index contributed by atoms with van der Waals surface area (Å²) in [7, 11) is -0.500. The van der Waals surface area contributed by atoms with Crippen LogP contribution in [0.15, 0.2) is 97.1 Å². The van der Waals surface area contributed by atoms with E-state index in [1.54, 1.807) is 22.3 Å². The molecule has 232 valence electrons. The average Bonchev–Trinajstić information content (AvgIpc) is 3.07. The van der Waals surface area contributed by atoms with Crippen LogP contribution in [0, 0.1) is 0 Å². The quantitative estimate of drug-likeness (QED) is 0.0963. The van der Waals surface area contributed by atoms with Gasteiger partial charge in [-0.3, -0.25) is 0 Å². The molecule has 3 nitrogen and oxygen atoms in total. The number of hydrogen-bond donors (Lipinski definition) is 0. The van der Waals surface area contributed by atoms with Crippen molar-refractivity contribution in [2.75, 3.05) is 0 Å². The summed E-state index contributed by atoms with van der Waals surface area (Å²) in [6.07, 6.45) is 14.5. The van der Waals surface area contributed by atoms with E-state index in [2.05, 4.69) is 125 Å². The van der Waals surface area contributed by atoms with Gasteiger partial charge in [-0.25, -0.2) is 0 Å². The summed E-state index contributed by atoms with van der Waals surface area (Å²) in [5, 5.41) is 8.25. The molecule has 0 aliphatic heterocycles. The third-order valence-electron chi connectivity index (χ3n) is 8.67. The normalized spacial score (nSPS) is 11.0. The monoisotopic (exact) mass is 589 g/mol. The Morgan fingerprint density at radius 2 is 0.864 bits per heavy atom. The number of aryl methyl sites for hydroxylation is 1. The third kappa shape index (κ3) is 8.36. The predicted molar refractivity (Wildman–Crippen MR) is 187 cm³/mol. The van der Waals surface area contributed by atoms with Crippen molar-refractivity contribution in [3.63, 3.8) is 0 Å². The molecule has 0 bridgehead atoms. The van der Waals surface area contributed by atoms with Crippen molar-refractivity contribution in [2.45, 2.75) is 105 Å². The second-order valence-corrected chi connectivity index (χ2v) is 11.7.